The van der Waals surface area contributed by atoms with Crippen LogP contribution in [0.15, 0.2) is 47.1 Å². The third-order valence-corrected chi connectivity index (χ3v) is 3.50. The highest BCUT2D eigenvalue weighted by molar-refractivity contribution is 5.73. The van der Waals surface area contributed by atoms with Gasteiger partial charge < -0.3 is 10.4 Å². The molecule has 0 saturated carbocycles. The fourth-order valence-electron chi connectivity index (χ4n) is 2.28. The Bertz CT molecular complexity index is 1070. The summed E-state index contributed by atoms with van der Waals surface area (Å²) >= 11 is 0. The van der Waals surface area contributed by atoms with E-state index in [0.29, 0.717) is 11.1 Å². The van der Waals surface area contributed by atoms with Gasteiger partial charge in [0.1, 0.15) is 11.6 Å². The lowest BCUT2D eigenvalue weighted by molar-refractivity contribution is 0.314. The molecule has 0 unspecified atom stereocenters. The Balaban J connectivity index is 1.66. The average molecular weight is 341 g/mol. The number of hydrogen-bond acceptors (Lipinski definition) is 7. The molecule has 25 heavy (non-hydrogen) atoms. The molecule has 0 aliphatic rings. The lowest BCUT2D eigenvalue weighted by Crippen LogP contribution is -1.99. The van der Waals surface area contributed by atoms with Gasteiger partial charge in [0.2, 0.25) is 11.3 Å². The van der Waals surface area contributed by atoms with Crippen molar-refractivity contribution in [2.24, 2.45) is 0 Å². The first-order valence-electron chi connectivity index (χ1n) is 7.12. The Labute approximate surface area is 138 Å². The van der Waals surface area contributed by atoms with E-state index in [4.69, 9.17) is 0 Å². The second-order valence-electron chi connectivity index (χ2n) is 5.13. The van der Waals surface area contributed by atoms with Crippen LogP contribution in [0.2, 0.25) is 0 Å². The van der Waals surface area contributed by atoms with Crippen LogP contribution in [-0.2, 0) is 0 Å². The van der Waals surface area contributed by atoms with E-state index in [1.807, 2.05) is 0 Å². The Morgan fingerprint density at radius 3 is 2.28 bits per heavy atom. The summed E-state index contributed by atoms with van der Waals surface area (Å²) in [4.78, 5) is 7.70. The van der Waals surface area contributed by atoms with Gasteiger partial charge in [0, 0.05) is 0 Å². The number of halogens is 2. The molecule has 124 valence electrons. The standard InChI is InChI=1S/C16H9F2N5O2/c17-10-4-1-8(2-5-10)9-3-6-12(11(18)7-9)19-15-16(24)21-14-13(20-15)22-25-23-14/h1-7H,(H,19,20,22)(H,21,23,24). The first-order chi connectivity index (χ1) is 12.1. The number of fused-ring (bicyclic) bond motifs is 1. The van der Waals surface area contributed by atoms with Gasteiger partial charge in [-0.25, -0.2) is 13.4 Å². The van der Waals surface area contributed by atoms with Crippen LogP contribution in [0.1, 0.15) is 0 Å². The van der Waals surface area contributed by atoms with Crippen molar-refractivity contribution in [2.75, 3.05) is 5.32 Å². The second-order valence-corrected chi connectivity index (χ2v) is 5.13. The van der Waals surface area contributed by atoms with E-state index < -0.39 is 11.7 Å². The Morgan fingerprint density at radius 2 is 1.56 bits per heavy atom. The van der Waals surface area contributed by atoms with Crippen LogP contribution in [0, 0.1) is 11.6 Å². The first-order valence-corrected chi connectivity index (χ1v) is 7.12. The third-order valence-electron chi connectivity index (χ3n) is 3.50. The fourth-order valence-corrected chi connectivity index (χ4v) is 2.28. The fraction of sp³-hybridized carbons (Fsp3) is 0. The molecule has 2 heterocycles. The van der Waals surface area contributed by atoms with E-state index in [1.54, 1.807) is 18.2 Å². The van der Waals surface area contributed by atoms with Crippen LogP contribution in [0.25, 0.3) is 22.4 Å². The molecule has 0 aliphatic heterocycles. The van der Waals surface area contributed by atoms with Crippen molar-refractivity contribution in [1.82, 2.24) is 20.3 Å². The molecule has 9 heteroatoms. The zero-order chi connectivity index (χ0) is 17.4. The molecule has 4 rings (SSSR count). The van der Waals surface area contributed by atoms with Gasteiger partial charge in [-0.2, -0.15) is 9.97 Å². The minimum absolute atomic E-state index is 0.0372. The Hall–Kier alpha value is -3.62. The van der Waals surface area contributed by atoms with E-state index in [0.717, 1.165) is 0 Å². The molecule has 4 aromatic rings. The molecule has 7 nitrogen and oxygen atoms in total. The van der Waals surface area contributed by atoms with Crippen LogP contribution in [-0.4, -0.2) is 25.4 Å². The molecule has 0 bridgehead atoms. The van der Waals surface area contributed by atoms with Gasteiger partial charge in [-0.15, -0.1) is 0 Å². The highest BCUT2D eigenvalue weighted by Gasteiger charge is 2.14. The van der Waals surface area contributed by atoms with Crippen molar-refractivity contribution in [3.63, 3.8) is 0 Å². The van der Waals surface area contributed by atoms with Gasteiger partial charge in [-0.3, -0.25) is 0 Å². The average Bonchev–Trinajstić information content (AvgIpc) is 3.04. The van der Waals surface area contributed by atoms with E-state index >= 15 is 0 Å². The van der Waals surface area contributed by atoms with Gasteiger partial charge in [0.15, 0.2) is 5.82 Å². The van der Waals surface area contributed by atoms with Crippen LogP contribution in [0.3, 0.4) is 0 Å². The predicted molar refractivity (Wildman–Crippen MR) is 84.1 cm³/mol. The molecule has 2 N–H and O–H groups in total. The number of rotatable bonds is 3. The third kappa shape index (κ3) is 2.82. The highest BCUT2D eigenvalue weighted by Crippen LogP contribution is 2.29. The summed E-state index contributed by atoms with van der Waals surface area (Å²) in [7, 11) is 0. The molecule has 0 aliphatic carbocycles. The number of nitrogens with one attached hydrogen (secondary N) is 1. The normalized spacial score (nSPS) is 11.0. The van der Waals surface area contributed by atoms with E-state index in [2.05, 4.69) is 30.2 Å². The molecule has 0 saturated heterocycles. The molecule has 2 aromatic carbocycles. The minimum Gasteiger partial charge on any atom is -0.491 e. The summed E-state index contributed by atoms with van der Waals surface area (Å²) in [5.74, 6) is -1.50. The lowest BCUT2D eigenvalue weighted by atomic mass is 10.1. The smallest absolute Gasteiger partial charge is 0.257 e. The number of aromatic hydroxyl groups is 1. The lowest BCUT2D eigenvalue weighted by Gasteiger charge is -2.09. The van der Waals surface area contributed by atoms with Crippen LogP contribution in [0.5, 0.6) is 5.88 Å². The summed E-state index contributed by atoms with van der Waals surface area (Å²) in [6.45, 7) is 0. The van der Waals surface area contributed by atoms with Gasteiger partial charge in [-0.05, 0) is 45.7 Å². The molecule has 0 amide bonds. The zero-order valence-corrected chi connectivity index (χ0v) is 12.4. The number of anilines is 2. The summed E-state index contributed by atoms with van der Waals surface area (Å²) in [5.41, 5.74) is 1.43. The van der Waals surface area contributed by atoms with Crippen LogP contribution < -0.4 is 5.32 Å². The van der Waals surface area contributed by atoms with Gasteiger partial charge in [0.25, 0.3) is 5.88 Å². The second kappa shape index (κ2) is 5.78. The van der Waals surface area contributed by atoms with Crippen molar-refractivity contribution in [3.05, 3.63) is 54.1 Å². The van der Waals surface area contributed by atoms with Gasteiger partial charge >= 0.3 is 0 Å². The van der Waals surface area contributed by atoms with E-state index in [9.17, 15) is 13.9 Å². The summed E-state index contributed by atoms with van der Waals surface area (Å²) in [5, 5.41) is 19.4. The number of benzene rings is 2. The van der Waals surface area contributed by atoms with Crippen LogP contribution in [0.4, 0.5) is 20.3 Å². The summed E-state index contributed by atoms with van der Waals surface area (Å²) in [6.07, 6.45) is 0. The Kier molecular flexibility index (Phi) is 3.46. The van der Waals surface area contributed by atoms with Crippen molar-refractivity contribution < 1.29 is 18.5 Å². The van der Waals surface area contributed by atoms with Crippen molar-refractivity contribution in [2.45, 2.75) is 0 Å². The van der Waals surface area contributed by atoms with Crippen molar-refractivity contribution in [3.8, 4) is 17.0 Å². The molecule has 2 aromatic heterocycles. The van der Waals surface area contributed by atoms with Crippen molar-refractivity contribution >= 4 is 22.8 Å². The monoisotopic (exact) mass is 341 g/mol. The maximum absolute atomic E-state index is 14.4. The number of hydrogen-bond donors (Lipinski definition) is 2. The Morgan fingerprint density at radius 1 is 0.880 bits per heavy atom. The van der Waals surface area contributed by atoms with E-state index in [1.165, 1.54) is 24.3 Å². The maximum atomic E-state index is 14.4. The zero-order valence-electron chi connectivity index (χ0n) is 12.4. The number of nitrogens with zero attached hydrogens (tertiary/aromatic N) is 4. The first kappa shape index (κ1) is 14.9. The minimum atomic E-state index is -0.582. The molecule has 0 fully saturated rings. The maximum Gasteiger partial charge on any atom is 0.257 e. The van der Waals surface area contributed by atoms with Gasteiger partial charge in [0.05, 0.1) is 5.69 Å². The SMILES string of the molecule is Oc1nc2nonc2nc1Nc1ccc(-c2ccc(F)cc2)cc1F. The van der Waals surface area contributed by atoms with Crippen LogP contribution >= 0.6 is 0 Å². The molecule has 0 radical (unpaired) electrons. The van der Waals surface area contributed by atoms with Gasteiger partial charge in [-0.1, -0.05) is 18.2 Å². The molecular weight excluding hydrogens is 332 g/mol. The molecule has 0 atom stereocenters. The molecule has 0 spiro atoms. The topological polar surface area (TPSA) is 97.0 Å². The van der Waals surface area contributed by atoms with Crippen molar-refractivity contribution in [1.29, 1.82) is 0 Å². The summed E-state index contributed by atoms with van der Waals surface area (Å²) < 4.78 is 31.8. The quantitative estimate of drug-likeness (QED) is 0.589. The largest absolute Gasteiger partial charge is 0.491 e. The highest BCUT2D eigenvalue weighted by atomic mass is 19.1. The molecular formula is C16H9F2N5O2. The predicted octanol–water partition coefficient (Wildman–Crippen LogP) is 3.41. The summed E-state index contributed by atoms with van der Waals surface area (Å²) in [6, 6.07) is 10.1. The van der Waals surface area contributed by atoms with E-state index in [-0.39, 0.29) is 28.6 Å². The number of aromatic nitrogens is 4.